The van der Waals surface area contributed by atoms with E-state index in [4.69, 9.17) is 14.6 Å². The van der Waals surface area contributed by atoms with E-state index in [-0.39, 0.29) is 6.42 Å². The van der Waals surface area contributed by atoms with Crippen molar-refractivity contribution in [3.05, 3.63) is 70.0 Å². The molecule has 32 heavy (non-hydrogen) atoms. The van der Waals surface area contributed by atoms with Gasteiger partial charge in [-0.15, -0.1) is 11.3 Å². The molecule has 0 aliphatic rings. The number of carboxylic acids is 1. The molecule has 3 rings (SSSR count). The van der Waals surface area contributed by atoms with Crippen LogP contribution < -0.4 is 4.74 Å². The number of alkyl halides is 3. The van der Waals surface area contributed by atoms with Crippen molar-refractivity contribution in [3.63, 3.8) is 0 Å². The number of aromatic nitrogens is 1. The van der Waals surface area contributed by atoms with E-state index in [1.54, 1.807) is 24.3 Å². The minimum absolute atomic E-state index is 0.275. The summed E-state index contributed by atoms with van der Waals surface area (Å²) in [6, 6.07) is 12.2. The number of methoxy groups -OCH3 is 1. The number of thiazole rings is 1. The van der Waals surface area contributed by atoms with E-state index in [0.29, 0.717) is 30.0 Å². The molecule has 0 fully saturated rings. The first-order chi connectivity index (χ1) is 15.3. The average molecular weight is 465 g/mol. The summed E-state index contributed by atoms with van der Waals surface area (Å²) in [7, 11) is 1.37. The standard InChI is InChI=1S/C23H22F3NO4S/c1-30-20(22(28)29)13-15-4-10-18(11-5-15)31-12-2-3-21-27-19(14-32-21)16-6-8-17(9-7-16)23(24,25)26/h4-11,14,20H,2-3,12-13H2,1H3,(H,28,29). The smallest absolute Gasteiger partial charge is 0.416 e. The maximum Gasteiger partial charge on any atom is 0.416 e. The van der Waals surface area contributed by atoms with Gasteiger partial charge in [0.1, 0.15) is 5.75 Å². The first kappa shape index (κ1) is 23.7. The van der Waals surface area contributed by atoms with Gasteiger partial charge in [0, 0.05) is 30.9 Å². The minimum atomic E-state index is -4.35. The summed E-state index contributed by atoms with van der Waals surface area (Å²) in [5, 5.41) is 11.8. The molecule has 9 heteroatoms. The second-order valence-corrected chi connectivity index (χ2v) is 8.01. The van der Waals surface area contributed by atoms with E-state index in [0.717, 1.165) is 29.1 Å². The summed E-state index contributed by atoms with van der Waals surface area (Å²) in [5.41, 5.74) is 1.47. The summed E-state index contributed by atoms with van der Waals surface area (Å²) in [4.78, 5) is 15.5. The number of aliphatic carboxylic acids is 1. The molecule has 1 heterocycles. The maximum absolute atomic E-state index is 12.7. The van der Waals surface area contributed by atoms with Crippen molar-refractivity contribution < 1.29 is 32.5 Å². The lowest BCUT2D eigenvalue weighted by Gasteiger charge is -2.11. The third-order valence-electron chi connectivity index (χ3n) is 4.77. The topological polar surface area (TPSA) is 68.7 Å². The van der Waals surface area contributed by atoms with Crippen molar-refractivity contribution in [3.8, 4) is 17.0 Å². The van der Waals surface area contributed by atoms with Crippen LogP contribution in [-0.4, -0.2) is 35.9 Å². The second-order valence-electron chi connectivity index (χ2n) is 7.06. The number of halogens is 3. The molecule has 0 amide bonds. The number of nitrogens with zero attached hydrogens (tertiary/aromatic N) is 1. The molecule has 1 atom stereocenters. The number of ether oxygens (including phenoxy) is 2. The average Bonchev–Trinajstić information content (AvgIpc) is 3.24. The summed E-state index contributed by atoms with van der Waals surface area (Å²) in [6.45, 7) is 0.477. The molecule has 3 aromatic rings. The summed E-state index contributed by atoms with van der Waals surface area (Å²) in [6.07, 6.45) is -3.54. The van der Waals surface area contributed by atoms with Gasteiger partial charge in [0.2, 0.25) is 0 Å². The Hall–Kier alpha value is -2.91. The van der Waals surface area contributed by atoms with Gasteiger partial charge in [-0.3, -0.25) is 0 Å². The van der Waals surface area contributed by atoms with E-state index in [1.165, 1.54) is 30.6 Å². The molecule has 0 aliphatic carbocycles. The lowest BCUT2D eigenvalue weighted by molar-refractivity contribution is -0.148. The van der Waals surface area contributed by atoms with Gasteiger partial charge in [-0.05, 0) is 36.2 Å². The van der Waals surface area contributed by atoms with Crippen LogP contribution in [0.5, 0.6) is 5.75 Å². The lowest BCUT2D eigenvalue weighted by Crippen LogP contribution is -2.24. The molecule has 0 aliphatic heterocycles. The number of benzene rings is 2. The first-order valence-electron chi connectivity index (χ1n) is 9.85. The van der Waals surface area contributed by atoms with Gasteiger partial charge in [-0.25, -0.2) is 9.78 Å². The van der Waals surface area contributed by atoms with Crippen LogP contribution in [0.3, 0.4) is 0 Å². The van der Waals surface area contributed by atoms with Crippen LogP contribution in [0.1, 0.15) is 22.6 Å². The van der Waals surface area contributed by atoms with E-state index in [1.807, 2.05) is 5.38 Å². The lowest BCUT2D eigenvalue weighted by atomic mass is 10.1. The Balaban J connectivity index is 1.45. The Morgan fingerprint density at radius 2 is 1.81 bits per heavy atom. The van der Waals surface area contributed by atoms with Gasteiger partial charge in [-0.2, -0.15) is 13.2 Å². The van der Waals surface area contributed by atoms with E-state index < -0.39 is 23.8 Å². The molecule has 0 spiro atoms. The molecule has 0 bridgehead atoms. The van der Waals surface area contributed by atoms with Crippen LogP contribution in [-0.2, 0) is 28.5 Å². The third kappa shape index (κ3) is 6.54. The van der Waals surface area contributed by atoms with Gasteiger partial charge in [0.15, 0.2) is 6.10 Å². The predicted octanol–water partition coefficient (Wildman–Crippen LogP) is 5.48. The quantitative estimate of drug-likeness (QED) is 0.402. The van der Waals surface area contributed by atoms with Crippen LogP contribution >= 0.6 is 11.3 Å². The maximum atomic E-state index is 12.7. The van der Waals surface area contributed by atoms with E-state index in [2.05, 4.69) is 4.98 Å². The van der Waals surface area contributed by atoms with Gasteiger partial charge in [0.25, 0.3) is 0 Å². The molecule has 1 N–H and O–H groups in total. The third-order valence-corrected chi connectivity index (χ3v) is 5.68. The number of rotatable bonds is 10. The van der Waals surface area contributed by atoms with Gasteiger partial charge in [0.05, 0.1) is 22.9 Å². The highest BCUT2D eigenvalue weighted by Gasteiger charge is 2.30. The Labute approximate surface area is 187 Å². The summed E-state index contributed by atoms with van der Waals surface area (Å²) >= 11 is 1.46. The number of hydrogen-bond acceptors (Lipinski definition) is 5. The van der Waals surface area contributed by atoms with Crippen LogP contribution in [0.4, 0.5) is 13.2 Å². The van der Waals surface area contributed by atoms with Gasteiger partial charge in [-0.1, -0.05) is 24.3 Å². The van der Waals surface area contributed by atoms with Crippen LogP contribution in [0, 0.1) is 0 Å². The van der Waals surface area contributed by atoms with Gasteiger partial charge >= 0.3 is 12.1 Å². The van der Waals surface area contributed by atoms with Crippen molar-refractivity contribution in [2.24, 2.45) is 0 Å². The zero-order chi connectivity index (χ0) is 23.1. The molecular formula is C23H22F3NO4S. The Morgan fingerprint density at radius 1 is 1.12 bits per heavy atom. The van der Waals surface area contributed by atoms with E-state index in [9.17, 15) is 18.0 Å². The number of hydrogen-bond donors (Lipinski definition) is 1. The number of aryl methyl sites for hydroxylation is 1. The molecule has 0 radical (unpaired) electrons. The number of carbonyl (C=O) groups is 1. The summed E-state index contributed by atoms with van der Waals surface area (Å²) < 4.78 is 48.7. The van der Waals surface area contributed by atoms with Crippen molar-refractivity contribution in [2.75, 3.05) is 13.7 Å². The highest BCUT2D eigenvalue weighted by Crippen LogP contribution is 2.31. The fourth-order valence-electron chi connectivity index (χ4n) is 3.01. The minimum Gasteiger partial charge on any atom is -0.494 e. The van der Waals surface area contributed by atoms with Crippen LogP contribution in [0.15, 0.2) is 53.9 Å². The molecule has 170 valence electrons. The Bertz CT molecular complexity index is 1020. The fraction of sp³-hybridized carbons (Fsp3) is 0.304. The first-order valence-corrected chi connectivity index (χ1v) is 10.7. The Kier molecular flexibility index (Phi) is 7.87. The van der Waals surface area contributed by atoms with Crippen molar-refractivity contribution in [2.45, 2.75) is 31.5 Å². The second kappa shape index (κ2) is 10.6. The van der Waals surface area contributed by atoms with Crippen molar-refractivity contribution >= 4 is 17.3 Å². The van der Waals surface area contributed by atoms with Crippen molar-refractivity contribution in [1.29, 1.82) is 0 Å². The Morgan fingerprint density at radius 3 is 2.41 bits per heavy atom. The number of carboxylic acid groups (broad SMARTS) is 1. The largest absolute Gasteiger partial charge is 0.494 e. The highest BCUT2D eigenvalue weighted by atomic mass is 32.1. The molecule has 1 aromatic heterocycles. The SMILES string of the molecule is COC(Cc1ccc(OCCCc2nc(-c3ccc(C(F)(F)F)cc3)cs2)cc1)C(=O)O. The molecule has 0 saturated carbocycles. The predicted molar refractivity (Wildman–Crippen MR) is 115 cm³/mol. The molecular weight excluding hydrogens is 443 g/mol. The molecule has 0 saturated heterocycles. The molecule has 2 aromatic carbocycles. The normalized spacial score (nSPS) is 12.5. The monoisotopic (exact) mass is 465 g/mol. The van der Waals surface area contributed by atoms with E-state index >= 15 is 0 Å². The van der Waals surface area contributed by atoms with Gasteiger partial charge < -0.3 is 14.6 Å². The van der Waals surface area contributed by atoms with Crippen molar-refractivity contribution in [1.82, 2.24) is 4.98 Å². The fourth-order valence-corrected chi connectivity index (χ4v) is 3.86. The highest BCUT2D eigenvalue weighted by molar-refractivity contribution is 7.09. The van der Waals surface area contributed by atoms with Crippen LogP contribution in [0.25, 0.3) is 11.3 Å². The molecule has 1 unspecified atom stereocenters. The zero-order valence-electron chi connectivity index (χ0n) is 17.3. The zero-order valence-corrected chi connectivity index (χ0v) is 18.1. The molecule has 5 nitrogen and oxygen atoms in total. The summed E-state index contributed by atoms with van der Waals surface area (Å²) in [5.74, 6) is -0.320. The van der Waals surface area contributed by atoms with Crippen LogP contribution in [0.2, 0.25) is 0 Å².